The monoisotopic (exact) mass is 300 g/mol. The smallest absolute Gasteiger partial charge is 0.410 e. The van der Waals surface area contributed by atoms with Crippen molar-refractivity contribution in [3.63, 3.8) is 0 Å². The number of nitrogens with one attached hydrogen (secondary N) is 2. The van der Waals surface area contributed by atoms with Gasteiger partial charge in [-0.25, -0.2) is 9.59 Å². The molecule has 0 spiro atoms. The van der Waals surface area contributed by atoms with Crippen LogP contribution in [-0.2, 0) is 0 Å². The lowest BCUT2D eigenvalue weighted by atomic mass is 10.2. The van der Waals surface area contributed by atoms with Gasteiger partial charge in [0.25, 0.3) is 0 Å². The molecule has 0 aliphatic rings. The van der Waals surface area contributed by atoms with Crippen LogP contribution in [-0.4, -0.2) is 19.2 Å². The minimum atomic E-state index is -0.594. The van der Waals surface area contributed by atoms with E-state index >= 15 is 0 Å². The minimum absolute atomic E-state index is 0.342. The maximum Gasteiger partial charge on any atom is 0.417 e. The van der Waals surface area contributed by atoms with E-state index in [0.29, 0.717) is 17.2 Å². The Balaban J connectivity index is 1.91. The molecule has 0 unspecified atom stereocenters. The summed E-state index contributed by atoms with van der Waals surface area (Å²) in [7, 11) is 1.47. The lowest BCUT2D eigenvalue weighted by molar-refractivity contribution is 0.202. The van der Waals surface area contributed by atoms with Crippen LogP contribution in [0.15, 0.2) is 48.5 Å². The van der Waals surface area contributed by atoms with Crippen molar-refractivity contribution in [1.82, 2.24) is 5.32 Å². The molecule has 0 aliphatic carbocycles. The predicted molar refractivity (Wildman–Crippen MR) is 82.4 cm³/mol. The first-order valence-corrected chi connectivity index (χ1v) is 6.62. The van der Waals surface area contributed by atoms with E-state index in [1.165, 1.54) is 31.3 Å². The van der Waals surface area contributed by atoms with Crippen molar-refractivity contribution in [2.75, 3.05) is 12.4 Å². The quantitative estimate of drug-likeness (QED) is 0.911. The van der Waals surface area contributed by atoms with Crippen molar-refractivity contribution in [2.24, 2.45) is 0 Å². The first-order chi connectivity index (χ1) is 10.6. The Morgan fingerprint density at radius 1 is 0.818 bits per heavy atom. The molecule has 2 aromatic carbocycles. The molecule has 6 nitrogen and oxygen atoms in total. The van der Waals surface area contributed by atoms with E-state index in [-0.39, 0.29) is 0 Å². The molecule has 0 heterocycles. The number of rotatable bonds is 3. The number of carbonyl (C=O) groups excluding carboxylic acids is 2. The molecule has 0 fully saturated rings. The van der Waals surface area contributed by atoms with Crippen molar-refractivity contribution in [3.8, 4) is 11.5 Å². The molecule has 0 aromatic heterocycles. The summed E-state index contributed by atoms with van der Waals surface area (Å²) in [5.74, 6) is 0.694. The summed E-state index contributed by atoms with van der Waals surface area (Å²) in [6.45, 7) is 1.96. The summed E-state index contributed by atoms with van der Waals surface area (Å²) in [5, 5.41) is 4.95. The Kier molecular flexibility index (Phi) is 4.98. The molecule has 0 saturated heterocycles. The number of hydrogen-bond acceptors (Lipinski definition) is 4. The van der Waals surface area contributed by atoms with Gasteiger partial charge in [-0.2, -0.15) is 0 Å². The molecule has 0 atom stereocenters. The second kappa shape index (κ2) is 7.12. The van der Waals surface area contributed by atoms with Gasteiger partial charge in [-0.1, -0.05) is 17.7 Å². The zero-order chi connectivity index (χ0) is 15.9. The van der Waals surface area contributed by atoms with Gasteiger partial charge in [0.2, 0.25) is 0 Å². The fraction of sp³-hybridized carbons (Fsp3) is 0.125. The van der Waals surface area contributed by atoms with Crippen molar-refractivity contribution >= 4 is 17.9 Å². The van der Waals surface area contributed by atoms with Gasteiger partial charge in [0.1, 0.15) is 11.5 Å². The van der Waals surface area contributed by atoms with Crippen LogP contribution in [0.5, 0.6) is 11.5 Å². The van der Waals surface area contributed by atoms with Crippen LogP contribution in [0.3, 0.4) is 0 Å². The fourth-order valence-corrected chi connectivity index (χ4v) is 1.62. The lowest BCUT2D eigenvalue weighted by Gasteiger charge is -2.08. The summed E-state index contributed by atoms with van der Waals surface area (Å²) in [4.78, 5) is 22.8. The summed E-state index contributed by atoms with van der Waals surface area (Å²) < 4.78 is 10.1. The Hall–Kier alpha value is -3.02. The van der Waals surface area contributed by atoms with Crippen LogP contribution in [0.25, 0.3) is 0 Å². The van der Waals surface area contributed by atoms with Gasteiger partial charge in [-0.3, -0.25) is 5.32 Å². The third kappa shape index (κ3) is 4.52. The van der Waals surface area contributed by atoms with Crippen molar-refractivity contribution in [3.05, 3.63) is 54.1 Å². The van der Waals surface area contributed by atoms with Gasteiger partial charge < -0.3 is 14.8 Å². The average molecular weight is 300 g/mol. The molecule has 22 heavy (non-hydrogen) atoms. The normalized spacial score (nSPS) is 9.73. The van der Waals surface area contributed by atoms with Crippen molar-refractivity contribution in [2.45, 2.75) is 6.92 Å². The Labute approximate surface area is 128 Å². The second-order valence-corrected chi connectivity index (χ2v) is 4.49. The van der Waals surface area contributed by atoms with Gasteiger partial charge in [-0.15, -0.1) is 0 Å². The number of ether oxygens (including phenoxy) is 2. The van der Waals surface area contributed by atoms with Gasteiger partial charge in [0.05, 0.1) is 0 Å². The number of amides is 2. The Morgan fingerprint density at radius 3 is 1.82 bits per heavy atom. The molecule has 0 saturated carbocycles. The van der Waals surface area contributed by atoms with E-state index in [9.17, 15) is 9.59 Å². The summed E-state index contributed by atoms with van der Waals surface area (Å²) >= 11 is 0. The summed E-state index contributed by atoms with van der Waals surface area (Å²) in [6.07, 6.45) is -1.16. The highest BCUT2D eigenvalue weighted by atomic mass is 16.6. The van der Waals surface area contributed by atoms with Gasteiger partial charge in [-0.05, 0) is 43.3 Å². The number of hydrogen-bond donors (Lipinski definition) is 2. The third-order valence-electron chi connectivity index (χ3n) is 2.75. The van der Waals surface area contributed by atoms with Crippen LogP contribution >= 0.6 is 0 Å². The molecular formula is C16H16N2O4. The zero-order valence-corrected chi connectivity index (χ0v) is 12.3. The Bertz CT molecular complexity index is 651. The zero-order valence-electron chi connectivity index (χ0n) is 12.3. The molecule has 6 heteroatoms. The largest absolute Gasteiger partial charge is 0.417 e. The highest BCUT2D eigenvalue weighted by molar-refractivity contribution is 5.86. The second-order valence-electron chi connectivity index (χ2n) is 4.49. The molecular weight excluding hydrogens is 284 g/mol. The molecule has 2 N–H and O–H groups in total. The van der Waals surface area contributed by atoms with Crippen LogP contribution in [0.1, 0.15) is 5.56 Å². The van der Waals surface area contributed by atoms with Crippen LogP contribution < -0.4 is 20.1 Å². The van der Waals surface area contributed by atoms with Gasteiger partial charge >= 0.3 is 12.2 Å². The molecule has 0 radical (unpaired) electrons. The summed E-state index contributed by atoms with van der Waals surface area (Å²) in [5.41, 5.74) is 1.75. The van der Waals surface area contributed by atoms with Gasteiger partial charge in [0.15, 0.2) is 0 Å². The standard InChI is InChI=1S/C16H16N2O4/c1-11-3-5-12(6-4-11)18-16(20)22-14-9-7-13(8-10-14)21-15(19)17-2/h3-10H,1-2H3,(H,17,19)(H,18,20). The maximum atomic E-state index is 11.7. The molecule has 0 aliphatic heterocycles. The fourth-order valence-electron chi connectivity index (χ4n) is 1.62. The van der Waals surface area contributed by atoms with E-state index in [0.717, 1.165) is 5.56 Å². The number of aryl methyl sites for hydroxylation is 1. The highest BCUT2D eigenvalue weighted by Gasteiger charge is 2.06. The average Bonchev–Trinajstić information content (AvgIpc) is 2.51. The predicted octanol–water partition coefficient (Wildman–Crippen LogP) is 3.32. The van der Waals surface area contributed by atoms with Crippen LogP contribution in [0.2, 0.25) is 0 Å². The minimum Gasteiger partial charge on any atom is -0.410 e. The van der Waals surface area contributed by atoms with E-state index in [1.807, 2.05) is 19.1 Å². The maximum absolute atomic E-state index is 11.7. The SMILES string of the molecule is CNC(=O)Oc1ccc(OC(=O)Nc2ccc(C)cc2)cc1. The molecule has 2 rings (SSSR count). The number of anilines is 1. The molecule has 2 aromatic rings. The first kappa shape index (κ1) is 15.4. The summed E-state index contributed by atoms with van der Waals surface area (Å²) in [6, 6.07) is 13.5. The van der Waals surface area contributed by atoms with Gasteiger partial charge in [0, 0.05) is 12.7 Å². The van der Waals surface area contributed by atoms with E-state index < -0.39 is 12.2 Å². The third-order valence-corrected chi connectivity index (χ3v) is 2.75. The Morgan fingerprint density at radius 2 is 1.32 bits per heavy atom. The molecule has 114 valence electrons. The first-order valence-electron chi connectivity index (χ1n) is 6.62. The topological polar surface area (TPSA) is 76.7 Å². The lowest BCUT2D eigenvalue weighted by Crippen LogP contribution is -2.22. The highest BCUT2D eigenvalue weighted by Crippen LogP contribution is 2.18. The number of carbonyl (C=O) groups is 2. The van der Waals surface area contributed by atoms with E-state index in [4.69, 9.17) is 9.47 Å². The van der Waals surface area contributed by atoms with E-state index in [2.05, 4.69) is 10.6 Å². The van der Waals surface area contributed by atoms with Crippen LogP contribution in [0, 0.1) is 6.92 Å². The number of benzene rings is 2. The molecule has 2 amide bonds. The van der Waals surface area contributed by atoms with Crippen LogP contribution in [0.4, 0.5) is 15.3 Å². The van der Waals surface area contributed by atoms with Crippen molar-refractivity contribution < 1.29 is 19.1 Å². The van der Waals surface area contributed by atoms with Crippen molar-refractivity contribution in [1.29, 1.82) is 0 Å². The molecule has 0 bridgehead atoms. The van der Waals surface area contributed by atoms with E-state index in [1.54, 1.807) is 12.1 Å².